The third kappa shape index (κ3) is 5.33. The highest BCUT2D eigenvalue weighted by Crippen LogP contribution is 2.25. The Morgan fingerprint density at radius 1 is 1.00 bits per heavy atom. The van der Waals surface area contributed by atoms with E-state index in [-0.39, 0.29) is 5.56 Å². The first kappa shape index (κ1) is 18.5. The van der Waals surface area contributed by atoms with Gasteiger partial charge in [0.15, 0.2) is 0 Å². The minimum absolute atomic E-state index is 0.276. The Hall–Kier alpha value is -2.85. The molecule has 1 heterocycles. The number of carbonyl (C=O) groups is 1. The molecule has 0 bridgehead atoms. The van der Waals surface area contributed by atoms with E-state index in [2.05, 4.69) is 10.3 Å². The zero-order valence-electron chi connectivity index (χ0n) is 14.0. The standard InChI is InChI=1S/C15H15NO2.C5H4ClN/c1-10-6-5-9-13(11(10)2)16-14-8-4-3-7-12(14)15(17)18;6-5-2-1-3-7-4-5/h3-9,16H,1-2H3,(H,17,18);1-4H. The second kappa shape index (κ2) is 8.85. The van der Waals surface area contributed by atoms with Crippen molar-refractivity contribution in [1.82, 2.24) is 4.98 Å². The van der Waals surface area contributed by atoms with E-state index >= 15 is 0 Å². The van der Waals surface area contributed by atoms with Crippen molar-refractivity contribution in [2.24, 2.45) is 0 Å². The molecular formula is C20H19ClN2O2. The molecule has 25 heavy (non-hydrogen) atoms. The van der Waals surface area contributed by atoms with Crippen molar-refractivity contribution >= 4 is 28.9 Å². The summed E-state index contributed by atoms with van der Waals surface area (Å²) in [5.41, 5.74) is 4.12. The summed E-state index contributed by atoms with van der Waals surface area (Å²) in [6.45, 7) is 4.05. The number of carboxylic acids is 1. The highest BCUT2D eigenvalue weighted by atomic mass is 35.5. The second-order valence-electron chi connectivity index (χ2n) is 5.39. The number of aromatic nitrogens is 1. The smallest absolute Gasteiger partial charge is 0.337 e. The SMILES string of the molecule is Cc1cccc(Nc2ccccc2C(=O)O)c1C.Clc1cccnc1. The molecule has 1 aromatic heterocycles. The van der Waals surface area contributed by atoms with E-state index in [1.807, 2.05) is 38.1 Å². The van der Waals surface area contributed by atoms with Gasteiger partial charge in [-0.25, -0.2) is 4.79 Å². The lowest BCUT2D eigenvalue weighted by Crippen LogP contribution is -2.03. The molecule has 5 heteroatoms. The van der Waals surface area contributed by atoms with Gasteiger partial charge in [0.25, 0.3) is 0 Å². The molecule has 0 amide bonds. The van der Waals surface area contributed by atoms with Gasteiger partial charge in [-0.1, -0.05) is 35.9 Å². The maximum absolute atomic E-state index is 11.1. The number of hydrogen-bond acceptors (Lipinski definition) is 3. The van der Waals surface area contributed by atoms with Crippen LogP contribution in [0.3, 0.4) is 0 Å². The van der Waals surface area contributed by atoms with Gasteiger partial charge in [-0.3, -0.25) is 4.98 Å². The van der Waals surface area contributed by atoms with Crippen molar-refractivity contribution in [3.8, 4) is 0 Å². The van der Waals surface area contributed by atoms with Crippen LogP contribution in [0.4, 0.5) is 11.4 Å². The van der Waals surface area contributed by atoms with Gasteiger partial charge < -0.3 is 10.4 Å². The first-order chi connectivity index (χ1) is 12.0. The Morgan fingerprint density at radius 3 is 2.32 bits per heavy atom. The summed E-state index contributed by atoms with van der Waals surface area (Å²) in [5.74, 6) is -0.927. The molecule has 2 N–H and O–H groups in total. The molecule has 0 fully saturated rings. The predicted molar refractivity (Wildman–Crippen MR) is 102 cm³/mol. The minimum atomic E-state index is -0.927. The van der Waals surface area contributed by atoms with Crippen LogP contribution in [-0.2, 0) is 0 Å². The zero-order valence-corrected chi connectivity index (χ0v) is 14.8. The van der Waals surface area contributed by atoms with Gasteiger partial charge in [0.1, 0.15) is 0 Å². The number of halogens is 1. The Morgan fingerprint density at radius 2 is 1.72 bits per heavy atom. The molecule has 0 spiro atoms. The van der Waals surface area contributed by atoms with Crippen LogP contribution in [0.15, 0.2) is 67.0 Å². The number of hydrogen-bond donors (Lipinski definition) is 2. The Kier molecular flexibility index (Phi) is 6.54. The summed E-state index contributed by atoms with van der Waals surface area (Å²) in [7, 11) is 0. The van der Waals surface area contributed by atoms with E-state index in [0.717, 1.165) is 11.3 Å². The topological polar surface area (TPSA) is 62.2 Å². The average molecular weight is 355 g/mol. The molecule has 2 aromatic carbocycles. The van der Waals surface area contributed by atoms with Gasteiger partial charge in [0.2, 0.25) is 0 Å². The van der Waals surface area contributed by atoms with Crippen molar-refractivity contribution in [3.05, 3.63) is 88.7 Å². The maximum Gasteiger partial charge on any atom is 0.337 e. The van der Waals surface area contributed by atoms with Crippen molar-refractivity contribution in [2.45, 2.75) is 13.8 Å². The number of aromatic carboxylic acids is 1. The van der Waals surface area contributed by atoms with Crippen LogP contribution in [0, 0.1) is 13.8 Å². The number of benzene rings is 2. The monoisotopic (exact) mass is 354 g/mol. The van der Waals surface area contributed by atoms with Crippen molar-refractivity contribution in [2.75, 3.05) is 5.32 Å². The average Bonchev–Trinajstić information content (AvgIpc) is 2.60. The summed E-state index contributed by atoms with van der Waals surface area (Å²) in [6, 6.07) is 16.4. The van der Waals surface area contributed by atoms with Crippen LogP contribution in [0.1, 0.15) is 21.5 Å². The Labute approximate surface area is 152 Å². The van der Waals surface area contributed by atoms with Gasteiger partial charge in [-0.15, -0.1) is 0 Å². The van der Waals surface area contributed by atoms with Gasteiger partial charge >= 0.3 is 5.97 Å². The van der Waals surface area contributed by atoms with E-state index in [4.69, 9.17) is 16.7 Å². The summed E-state index contributed by atoms with van der Waals surface area (Å²) < 4.78 is 0. The second-order valence-corrected chi connectivity index (χ2v) is 5.83. The fraction of sp³-hybridized carbons (Fsp3) is 0.100. The van der Waals surface area contributed by atoms with Crippen LogP contribution >= 0.6 is 11.6 Å². The van der Waals surface area contributed by atoms with Crippen molar-refractivity contribution < 1.29 is 9.90 Å². The fourth-order valence-electron chi connectivity index (χ4n) is 2.15. The number of rotatable bonds is 3. The lowest BCUT2D eigenvalue weighted by molar-refractivity contribution is 0.0698. The van der Waals surface area contributed by atoms with Crippen LogP contribution in [0.25, 0.3) is 0 Å². The molecule has 128 valence electrons. The number of anilines is 2. The molecule has 0 radical (unpaired) electrons. The minimum Gasteiger partial charge on any atom is -0.478 e. The number of nitrogens with one attached hydrogen (secondary N) is 1. The number of pyridine rings is 1. The quantitative estimate of drug-likeness (QED) is 0.653. The number of para-hydroxylation sites is 1. The predicted octanol–water partition coefficient (Wildman–Crippen LogP) is 5.48. The van der Waals surface area contributed by atoms with Gasteiger partial charge in [-0.05, 0) is 55.3 Å². The highest BCUT2D eigenvalue weighted by Gasteiger charge is 2.10. The van der Waals surface area contributed by atoms with Crippen molar-refractivity contribution in [1.29, 1.82) is 0 Å². The Balaban J connectivity index is 0.000000269. The van der Waals surface area contributed by atoms with E-state index < -0.39 is 5.97 Å². The number of nitrogens with zero attached hydrogens (tertiary/aromatic N) is 1. The first-order valence-electron chi connectivity index (χ1n) is 7.70. The number of carboxylic acid groups (broad SMARTS) is 1. The molecule has 0 atom stereocenters. The van der Waals surface area contributed by atoms with Crippen LogP contribution in [0.2, 0.25) is 5.02 Å². The molecule has 0 aliphatic heterocycles. The van der Waals surface area contributed by atoms with Gasteiger partial charge in [0.05, 0.1) is 16.3 Å². The first-order valence-corrected chi connectivity index (χ1v) is 8.08. The third-order valence-electron chi connectivity index (χ3n) is 3.66. The molecule has 4 nitrogen and oxygen atoms in total. The lowest BCUT2D eigenvalue weighted by atomic mass is 10.1. The van der Waals surface area contributed by atoms with E-state index in [0.29, 0.717) is 10.7 Å². The summed E-state index contributed by atoms with van der Waals surface area (Å²) in [6.07, 6.45) is 3.29. The van der Waals surface area contributed by atoms with E-state index in [1.54, 1.807) is 42.7 Å². The Bertz CT molecular complexity index is 851. The molecule has 0 saturated heterocycles. The lowest BCUT2D eigenvalue weighted by Gasteiger charge is -2.13. The highest BCUT2D eigenvalue weighted by molar-refractivity contribution is 6.30. The van der Waals surface area contributed by atoms with E-state index in [9.17, 15) is 4.79 Å². The molecule has 3 aromatic rings. The summed E-state index contributed by atoms with van der Waals surface area (Å²) in [4.78, 5) is 14.9. The van der Waals surface area contributed by atoms with Crippen LogP contribution < -0.4 is 5.32 Å². The fourth-order valence-corrected chi connectivity index (χ4v) is 2.28. The molecule has 0 unspecified atom stereocenters. The normalized spacial score (nSPS) is 9.72. The molecule has 3 rings (SSSR count). The molecule has 0 saturated carbocycles. The summed E-state index contributed by atoms with van der Waals surface area (Å²) in [5, 5.41) is 13.0. The summed E-state index contributed by atoms with van der Waals surface area (Å²) >= 11 is 5.48. The van der Waals surface area contributed by atoms with Gasteiger partial charge in [0, 0.05) is 18.1 Å². The molecule has 0 aliphatic rings. The number of aryl methyl sites for hydroxylation is 1. The largest absolute Gasteiger partial charge is 0.478 e. The van der Waals surface area contributed by atoms with Gasteiger partial charge in [-0.2, -0.15) is 0 Å². The van der Waals surface area contributed by atoms with E-state index in [1.165, 1.54) is 5.56 Å². The maximum atomic E-state index is 11.1. The molecular weight excluding hydrogens is 336 g/mol. The molecule has 0 aliphatic carbocycles. The van der Waals surface area contributed by atoms with Crippen molar-refractivity contribution in [3.63, 3.8) is 0 Å². The third-order valence-corrected chi connectivity index (χ3v) is 3.88. The van der Waals surface area contributed by atoms with Crippen LogP contribution in [0.5, 0.6) is 0 Å². The zero-order chi connectivity index (χ0) is 18.2. The van der Waals surface area contributed by atoms with Crippen LogP contribution in [-0.4, -0.2) is 16.1 Å².